The number of carboxylic acid groups (broad SMARTS) is 1. The molecule has 0 bridgehead atoms. The zero-order chi connectivity index (χ0) is 24.2. The Morgan fingerprint density at radius 2 is 2.17 bits per heavy atom. The molecular formula is C26H32N6O3. The normalized spacial score (nSPS) is 18.7. The minimum Gasteiger partial charge on any atom is -0.480 e. The molecule has 1 saturated heterocycles. The molecule has 9 heteroatoms. The highest BCUT2D eigenvalue weighted by atomic mass is 16.4. The highest BCUT2D eigenvalue weighted by Crippen LogP contribution is 2.24. The van der Waals surface area contributed by atoms with Crippen LogP contribution in [-0.4, -0.2) is 69.3 Å². The second kappa shape index (κ2) is 10.4. The van der Waals surface area contributed by atoms with Crippen LogP contribution < -0.4 is 10.6 Å². The summed E-state index contributed by atoms with van der Waals surface area (Å²) in [6.45, 7) is 3.55. The van der Waals surface area contributed by atoms with Gasteiger partial charge in [0.15, 0.2) is 0 Å². The Bertz CT molecular complexity index is 1210. The summed E-state index contributed by atoms with van der Waals surface area (Å²) in [6, 6.07) is 8.70. The minimum atomic E-state index is -1.01. The van der Waals surface area contributed by atoms with Crippen LogP contribution >= 0.6 is 0 Å². The van der Waals surface area contributed by atoms with E-state index in [4.69, 9.17) is 4.98 Å². The number of anilines is 1. The van der Waals surface area contributed by atoms with E-state index >= 15 is 0 Å². The molecule has 0 aliphatic carbocycles. The fourth-order valence-corrected chi connectivity index (χ4v) is 5.18. The number of likely N-dealkylation sites (tertiary alicyclic amines) is 1. The van der Waals surface area contributed by atoms with E-state index in [2.05, 4.69) is 37.9 Å². The van der Waals surface area contributed by atoms with E-state index in [1.165, 1.54) is 12.0 Å². The highest BCUT2D eigenvalue weighted by molar-refractivity contribution is 6.07. The van der Waals surface area contributed by atoms with E-state index in [9.17, 15) is 14.7 Å². The summed E-state index contributed by atoms with van der Waals surface area (Å²) in [5.74, 6) is 0.223. The summed E-state index contributed by atoms with van der Waals surface area (Å²) in [4.78, 5) is 31.8. The lowest BCUT2D eigenvalue weighted by Crippen LogP contribution is -2.43. The van der Waals surface area contributed by atoms with Crippen LogP contribution in [0.3, 0.4) is 0 Å². The monoisotopic (exact) mass is 476 g/mol. The van der Waals surface area contributed by atoms with Gasteiger partial charge in [0.05, 0.1) is 17.3 Å². The molecule has 1 aromatic carbocycles. The Kier molecular flexibility index (Phi) is 6.94. The van der Waals surface area contributed by atoms with Crippen molar-refractivity contribution in [3.8, 4) is 0 Å². The van der Waals surface area contributed by atoms with Gasteiger partial charge in [0.25, 0.3) is 5.91 Å². The predicted octanol–water partition coefficient (Wildman–Crippen LogP) is 2.84. The number of fused-ring (bicyclic) bond motifs is 2. The third-order valence-electron chi connectivity index (χ3n) is 7.20. The van der Waals surface area contributed by atoms with Crippen molar-refractivity contribution >= 4 is 28.6 Å². The van der Waals surface area contributed by atoms with E-state index < -0.39 is 17.9 Å². The van der Waals surface area contributed by atoms with Gasteiger partial charge in [0.2, 0.25) is 0 Å². The molecule has 2 aliphatic heterocycles. The van der Waals surface area contributed by atoms with Crippen LogP contribution in [0, 0.1) is 5.92 Å². The molecular weight excluding hydrogens is 444 g/mol. The Labute approximate surface area is 204 Å². The van der Waals surface area contributed by atoms with E-state index in [0.29, 0.717) is 29.8 Å². The van der Waals surface area contributed by atoms with Gasteiger partial charge in [-0.15, -0.1) is 0 Å². The lowest BCUT2D eigenvalue weighted by molar-refractivity contribution is -0.139. The molecule has 1 fully saturated rings. The zero-order valence-electron chi connectivity index (χ0n) is 19.8. The van der Waals surface area contributed by atoms with Gasteiger partial charge in [-0.2, -0.15) is 5.10 Å². The van der Waals surface area contributed by atoms with Gasteiger partial charge in [-0.05, 0) is 74.8 Å². The molecule has 1 amide bonds. The van der Waals surface area contributed by atoms with Gasteiger partial charge in [-0.1, -0.05) is 12.1 Å². The number of aromatic amines is 1. The van der Waals surface area contributed by atoms with Gasteiger partial charge in [-0.3, -0.25) is 9.89 Å². The first-order chi connectivity index (χ1) is 17.1. The number of carbonyl (C=O) groups is 2. The summed E-state index contributed by atoms with van der Waals surface area (Å²) in [7, 11) is 0. The molecule has 9 nitrogen and oxygen atoms in total. The number of aryl methyl sites for hydroxylation is 2. The number of nitrogens with zero attached hydrogens (tertiary/aromatic N) is 3. The number of rotatable bonds is 9. The highest BCUT2D eigenvalue weighted by Gasteiger charge is 2.26. The number of benzene rings is 1. The third-order valence-corrected chi connectivity index (χ3v) is 7.20. The number of pyridine rings is 1. The topological polar surface area (TPSA) is 123 Å². The largest absolute Gasteiger partial charge is 0.480 e. The number of carbonyl (C=O) groups excluding carboxylic acids is 1. The first kappa shape index (κ1) is 23.3. The molecule has 2 atom stereocenters. The van der Waals surface area contributed by atoms with Crippen LogP contribution in [0.2, 0.25) is 0 Å². The van der Waals surface area contributed by atoms with Crippen molar-refractivity contribution in [3.63, 3.8) is 0 Å². The van der Waals surface area contributed by atoms with Crippen LogP contribution in [0.4, 0.5) is 5.82 Å². The van der Waals surface area contributed by atoms with Crippen molar-refractivity contribution in [1.29, 1.82) is 0 Å². The first-order valence-corrected chi connectivity index (χ1v) is 12.5. The second-order valence-corrected chi connectivity index (χ2v) is 9.62. The van der Waals surface area contributed by atoms with E-state index in [-0.39, 0.29) is 0 Å². The molecule has 0 radical (unpaired) electrons. The van der Waals surface area contributed by atoms with E-state index in [0.717, 1.165) is 62.3 Å². The van der Waals surface area contributed by atoms with Gasteiger partial charge >= 0.3 is 5.97 Å². The van der Waals surface area contributed by atoms with Crippen LogP contribution in [0.1, 0.15) is 47.3 Å². The van der Waals surface area contributed by atoms with Gasteiger partial charge in [0.1, 0.15) is 11.9 Å². The average Bonchev–Trinajstić information content (AvgIpc) is 3.54. The average molecular weight is 477 g/mol. The number of amides is 1. The summed E-state index contributed by atoms with van der Waals surface area (Å²) in [5, 5.41) is 23.3. The quantitative estimate of drug-likeness (QED) is 0.374. The van der Waals surface area contributed by atoms with Crippen LogP contribution in [0.25, 0.3) is 10.9 Å². The van der Waals surface area contributed by atoms with Crippen molar-refractivity contribution in [3.05, 3.63) is 53.3 Å². The molecule has 35 heavy (non-hydrogen) atoms. The van der Waals surface area contributed by atoms with Crippen LogP contribution in [-0.2, 0) is 17.6 Å². The van der Waals surface area contributed by atoms with Crippen LogP contribution in [0.5, 0.6) is 0 Å². The molecule has 5 rings (SSSR count). The van der Waals surface area contributed by atoms with Crippen molar-refractivity contribution in [1.82, 2.24) is 25.4 Å². The predicted molar refractivity (Wildman–Crippen MR) is 134 cm³/mol. The maximum Gasteiger partial charge on any atom is 0.326 e. The lowest BCUT2D eigenvalue weighted by atomic mass is 10.00. The number of hydrogen-bond donors (Lipinski definition) is 4. The standard InChI is InChI=1S/C26H32N6O3/c33-25(20-4-1-5-22-21(20)15-28-31-22)30-23(26(34)35)11-14-32-13-10-17(16-32)6-8-19-9-7-18-3-2-12-27-24(18)29-19/h1,4-5,7,9,15,17,23H,2-3,6,8,10-14,16H2,(H,27,29)(H,28,31)(H,30,33)(H,34,35)/t17-,23+/m1/s1. The molecule has 2 aliphatic rings. The Hall–Kier alpha value is -3.46. The first-order valence-electron chi connectivity index (χ1n) is 12.5. The molecule has 0 spiro atoms. The fraction of sp³-hybridized carbons (Fsp3) is 0.462. The Morgan fingerprint density at radius 1 is 1.26 bits per heavy atom. The van der Waals surface area contributed by atoms with Crippen molar-refractivity contribution < 1.29 is 14.7 Å². The molecule has 184 valence electrons. The summed E-state index contributed by atoms with van der Waals surface area (Å²) in [6.07, 6.45) is 7.36. The molecule has 4 heterocycles. The number of aliphatic carboxylic acids is 1. The second-order valence-electron chi connectivity index (χ2n) is 9.62. The summed E-state index contributed by atoms with van der Waals surface area (Å²) in [5.41, 5.74) is 3.62. The molecule has 0 unspecified atom stereocenters. The van der Waals surface area contributed by atoms with Crippen molar-refractivity contribution in [2.75, 3.05) is 31.5 Å². The van der Waals surface area contributed by atoms with E-state index in [1.54, 1.807) is 18.3 Å². The lowest BCUT2D eigenvalue weighted by Gasteiger charge is -2.20. The smallest absolute Gasteiger partial charge is 0.326 e. The van der Waals surface area contributed by atoms with Crippen molar-refractivity contribution in [2.45, 2.75) is 44.6 Å². The molecule has 3 aromatic rings. The minimum absolute atomic E-state index is 0.368. The SMILES string of the molecule is O=C(N[C@@H](CCN1CC[C@@H](CCc2ccc3c(n2)NCCC3)C1)C(=O)O)c1cccc2[nH]ncc12. The van der Waals surface area contributed by atoms with Gasteiger partial charge < -0.3 is 20.6 Å². The van der Waals surface area contributed by atoms with Gasteiger partial charge in [0, 0.05) is 30.7 Å². The Balaban J connectivity index is 1.10. The van der Waals surface area contributed by atoms with Crippen LogP contribution in [0.15, 0.2) is 36.5 Å². The van der Waals surface area contributed by atoms with Gasteiger partial charge in [-0.25, -0.2) is 9.78 Å². The molecule has 0 saturated carbocycles. The number of aromatic nitrogens is 3. The number of H-pyrrole nitrogens is 1. The number of nitrogens with one attached hydrogen (secondary N) is 3. The maximum absolute atomic E-state index is 12.8. The number of carboxylic acids is 1. The summed E-state index contributed by atoms with van der Waals surface area (Å²) < 4.78 is 0. The fourth-order valence-electron chi connectivity index (χ4n) is 5.18. The van der Waals surface area contributed by atoms with E-state index in [1.807, 2.05) is 6.07 Å². The molecule has 4 N–H and O–H groups in total. The Morgan fingerprint density at radius 3 is 3.06 bits per heavy atom. The number of hydrogen-bond acceptors (Lipinski definition) is 6. The zero-order valence-corrected chi connectivity index (χ0v) is 19.8. The third kappa shape index (κ3) is 5.45. The maximum atomic E-state index is 12.8. The summed E-state index contributed by atoms with van der Waals surface area (Å²) >= 11 is 0. The molecule has 2 aromatic heterocycles. The van der Waals surface area contributed by atoms with Crippen molar-refractivity contribution in [2.24, 2.45) is 5.92 Å².